The SMILES string of the molecule is C=C1C(COP(=O)(NC(C)C(=O)OC(C)C)Oc2ccc3c(c2)OCO3)CCC1n1cnc2c(=O)[nH]c(N)nc21. The molecule has 15 heteroatoms. The number of ether oxygens (including phenoxy) is 3. The first kappa shape index (κ1) is 27.7. The number of H-pyrrole nitrogens is 1. The van der Waals surface area contributed by atoms with Gasteiger partial charge in [-0.3, -0.25) is 19.1 Å². The van der Waals surface area contributed by atoms with Crippen LogP contribution in [0.5, 0.6) is 17.2 Å². The number of nitrogens with one attached hydrogen (secondary N) is 2. The molecule has 40 heavy (non-hydrogen) atoms. The average molecular weight is 575 g/mol. The van der Waals surface area contributed by atoms with Crippen LogP contribution in [0.4, 0.5) is 5.95 Å². The van der Waals surface area contributed by atoms with E-state index in [1.165, 1.54) is 19.3 Å². The van der Waals surface area contributed by atoms with E-state index >= 15 is 0 Å². The van der Waals surface area contributed by atoms with Crippen LogP contribution in [0.15, 0.2) is 41.5 Å². The molecule has 0 bridgehead atoms. The van der Waals surface area contributed by atoms with E-state index in [9.17, 15) is 14.2 Å². The van der Waals surface area contributed by atoms with Gasteiger partial charge in [0, 0.05) is 12.0 Å². The molecule has 4 atom stereocenters. The summed E-state index contributed by atoms with van der Waals surface area (Å²) in [6, 6.07) is 3.51. The van der Waals surface area contributed by atoms with E-state index in [0.717, 1.165) is 5.57 Å². The van der Waals surface area contributed by atoms with Gasteiger partial charge in [0.15, 0.2) is 22.7 Å². The van der Waals surface area contributed by atoms with Crippen LogP contribution < -0.4 is 30.4 Å². The zero-order valence-electron chi connectivity index (χ0n) is 22.3. The third kappa shape index (κ3) is 5.69. The van der Waals surface area contributed by atoms with Gasteiger partial charge in [0.1, 0.15) is 11.8 Å². The van der Waals surface area contributed by atoms with Gasteiger partial charge in [-0.15, -0.1) is 0 Å². The highest BCUT2D eigenvalue weighted by atomic mass is 31.2. The summed E-state index contributed by atoms with van der Waals surface area (Å²) in [4.78, 5) is 35.5. The summed E-state index contributed by atoms with van der Waals surface area (Å²) in [5.41, 5.74) is 6.62. The van der Waals surface area contributed by atoms with Gasteiger partial charge in [-0.25, -0.2) is 9.55 Å². The van der Waals surface area contributed by atoms with Crippen LogP contribution in [0.2, 0.25) is 0 Å². The van der Waals surface area contributed by atoms with Crippen molar-refractivity contribution in [2.75, 3.05) is 19.1 Å². The van der Waals surface area contributed by atoms with Gasteiger partial charge in [0.25, 0.3) is 5.56 Å². The zero-order valence-corrected chi connectivity index (χ0v) is 23.2. The number of carbonyl (C=O) groups excluding carboxylic acids is 1. The number of rotatable bonds is 10. The van der Waals surface area contributed by atoms with Gasteiger partial charge in [0.2, 0.25) is 12.7 Å². The predicted molar refractivity (Wildman–Crippen MR) is 144 cm³/mol. The molecule has 14 nitrogen and oxygen atoms in total. The molecule has 2 aliphatic rings. The van der Waals surface area contributed by atoms with Gasteiger partial charge in [-0.1, -0.05) is 6.58 Å². The number of nitrogen functional groups attached to an aromatic ring is 1. The molecular weight excluding hydrogens is 543 g/mol. The summed E-state index contributed by atoms with van der Waals surface area (Å²) < 4.78 is 43.4. The van der Waals surface area contributed by atoms with Gasteiger partial charge >= 0.3 is 13.7 Å². The van der Waals surface area contributed by atoms with Crippen molar-refractivity contribution in [3.8, 4) is 17.2 Å². The zero-order chi connectivity index (χ0) is 28.6. The number of fused-ring (bicyclic) bond motifs is 2. The number of hydrogen-bond acceptors (Lipinski definition) is 11. The normalized spacial score (nSPS) is 20.6. The van der Waals surface area contributed by atoms with Crippen molar-refractivity contribution in [2.45, 2.75) is 51.8 Å². The van der Waals surface area contributed by atoms with Gasteiger partial charge < -0.3 is 29.0 Å². The average Bonchev–Trinajstić information content (AvgIpc) is 3.60. The third-order valence-corrected chi connectivity index (χ3v) is 8.24. The molecule has 5 rings (SSSR count). The van der Waals surface area contributed by atoms with E-state index < -0.39 is 25.3 Å². The first-order valence-electron chi connectivity index (χ1n) is 12.8. The number of aromatic nitrogens is 4. The van der Waals surface area contributed by atoms with E-state index in [1.54, 1.807) is 30.5 Å². The molecule has 3 heterocycles. The van der Waals surface area contributed by atoms with Crippen LogP contribution in [-0.2, 0) is 18.6 Å². The van der Waals surface area contributed by atoms with Crippen LogP contribution in [0, 0.1) is 5.92 Å². The number of nitrogens with two attached hydrogens (primary N) is 1. The lowest BCUT2D eigenvalue weighted by Crippen LogP contribution is -2.36. The second-order valence-corrected chi connectivity index (χ2v) is 11.6. The highest BCUT2D eigenvalue weighted by Crippen LogP contribution is 2.49. The van der Waals surface area contributed by atoms with Crippen molar-refractivity contribution in [3.63, 3.8) is 0 Å². The second kappa shape index (κ2) is 11.0. The minimum Gasteiger partial charge on any atom is -0.462 e. The van der Waals surface area contributed by atoms with E-state index in [4.69, 9.17) is 29.0 Å². The number of aromatic amines is 1. The first-order valence-corrected chi connectivity index (χ1v) is 14.3. The maximum absolute atomic E-state index is 14.0. The monoisotopic (exact) mass is 574 g/mol. The second-order valence-electron chi connectivity index (χ2n) is 9.88. The number of nitrogens with zero attached hydrogens (tertiary/aromatic N) is 3. The number of anilines is 1. The lowest BCUT2D eigenvalue weighted by molar-refractivity contribution is -0.149. The highest BCUT2D eigenvalue weighted by molar-refractivity contribution is 7.52. The summed E-state index contributed by atoms with van der Waals surface area (Å²) >= 11 is 0. The summed E-state index contributed by atoms with van der Waals surface area (Å²) in [7, 11) is -4.11. The fourth-order valence-electron chi connectivity index (χ4n) is 4.66. The Morgan fingerprint density at radius 2 is 2.08 bits per heavy atom. The molecule has 0 radical (unpaired) electrons. The molecule has 1 saturated carbocycles. The van der Waals surface area contributed by atoms with Crippen molar-refractivity contribution >= 4 is 30.8 Å². The molecule has 4 unspecified atom stereocenters. The Kier molecular flexibility index (Phi) is 7.58. The topological polar surface area (TPSA) is 182 Å². The smallest absolute Gasteiger partial charge is 0.459 e. The molecule has 4 N–H and O–H groups in total. The van der Waals surface area contributed by atoms with Crippen LogP contribution in [-0.4, -0.2) is 51.0 Å². The van der Waals surface area contributed by atoms with Crippen molar-refractivity contribution in [1.29, 1.82) is 0 Å². The minimum atomic E-state index is -4.11. The standard InChI is InChI=1S/C25H31N6O8P/c1-13(2)38-24(33)15(4)30-40(34,39-17-6-8-19-20(9-17)36-12-35-19)37-10-16-5-7-18(14(16)3)31-11-27-21-22(31)28-25(26)29-23(21)32/h6,8-9,11,13,15-16,18H,3,5,7,10,12H2,1-2,4H3,(H,30,34)(H3,26,28,29,32). The Hall–Kier alpha value is -3.87. The molecule has 1 aromatic carbocycles. The van der Waals surface area contributed by atoms with E-state index in [0.29, 0.717) is 30.0 Å². The number of benzene rings is 1. The largest absolute Gasteiger partial charge is 0.462 e. The van der Waals surface area contributed by atoms with E-state index in [2.05, 4.69) is 26.6 Å². The number of carbonyl (C=O) groups is 1. The maximum atomic E-state index is 14.0. The Balaban J connectivity index is 1.33. The molecule has 3 aromatic rings. The molecule has 214 valence electrons. The molecule has 1 aliphatic heterocycles. The van der Waals surface area contributed by atoms with Crippen LogP contribution in [0.25, 0.3) is 11.2 Å². The maximum Gasteiger partial charge on any atom is 0.459 e. The highest BCUT2D eigenvalue weighted by Gasteiger charge is 2.37. The lowest BCUT2D eigenvalue weighted by Gasteiger charge is -2.25. The van der Waals surface area contributed by atoms with Crippen LogP contribution >= 0.6 is 7.75 Å². The van der Waals surface area contributed by atoms with Crippen molar-refractivity contribution in [1.82, 2.24) is 24.6 Å². The fraction of sp³-hybridized carbons (Fsp3) is 0.440. The fourth-order valence-corrected chi connectivity index (χ4v) is 6.18. The summed E-state index contributed by atoms with van der Waals surface area (Å²) in [5, 5.41) is 2.69. The number of esters is 1. The Labute approximate surface area is 229 Å². The van der Waals surface area contributed by atoms with Gasteiger partial charge in [0.05, 0.1) is 25.1 Å². The van der Waals surface area contributed by atoms with Crippen molar-refractivity contribution in [3.05, 3.63) is 47.0 Å². The molecule has 1 aliphatic carbocycles. The molecule has 0 amide bonds. The first-order chi connectivity index (χ1) is 19.0. The summed E-state index contributed by atoms with van der Waals surface area (Å²) in [6.45, 7) is 9.24. The van der Waals surface area contributed by atoms with Crippen LogP contribution in [0.3, 0.4) is 0 Å². The molecular formula is C25H31N6O8P. The Morgan fingerprint density at radius 1 is 1.30 bits per heavy atom. The summed E-state index contributed by atoms with van der Waals surface area (Å²) in [6.07, 6.45) is 2.48. The quantitative estimate of drug-likeness (QED) is 0.183. The van der Waals surface area contributed by atoms with Crippen molar-refractivity contribution < 1.29 is 32.6 Å². The Morgan fingerprint density at radius 3 is 2.85 bits per heavy atom. The molecule has 2 aromatic heterocycles. The lowest BCUT2D eigenvalue weighted by atomic mass is 10.0. The molecule has 0 spiro atoms. The predicted octanol–water partition coefficient (Wildman–Crippen LogP) is 3.07. The van der Waals surface area contributed by atoms with Gasteiger partial charge in [-0.05, 0) is 51.3 Å². The van der Waals surface area contributed by atoms with Crippen LogP contribution in [0.1, 0.15) is 39.7 Å². The number of hydrogen-bond donors (Lipinski definition) is 3. The van der Waals surface area contributed by atoms with E-state index in [1.807, 2.05) is 0 Å². The Bertz CT molecular complexity index is 1550. The minimum absolute atomic E-state index is 0.0134. The molecule has 1 fully saturated rings. The summed E-state index contributed by atoms with van der Waals surface area (Å²) in [5.74, 6) is 0.335. The van der Waals surface area contributed by atoms with Crippen molar-refractivity contribution in [2.24, 2.45) is 5.92 Å². The van der Waals surface area contributed by atoms with E-state index in [-0.39, 0.29) is 48.7 Å². The van der Waals surface area contributed by atoms with Gasteiger partial charge in [-0.2, -0.15) is 10.1 Å². The third-order valence-electron chi connectivity index (χ3n) is 6.60. The molecule has 0 saturated heterocycles. The number of imidazole rings is 1.